The van der Waals surface area contributed by atoms with E-state index in [-0.39, 0.29) is 12.1 Å². The molecule has 0 aromatic carbocycles. The first-order valence-electron chi connectivity index (χ1n) is 7.25. The molecule has 1 aliphatic rings. The molecule has 108 valence electrons. The second-order valence-corrected chi connectivity index (χ2v) is 5.95. The molecule has 0 saturated heterocycles. The summed E-state index contributed by atoms with van der Waals surface area (Å²) in [5.41, 5.74) is 7.70. The van der Waals surface area contributed by atoms with Gasteiger partial charge in [0.2, 0.25) is 0 Å². The first kappa shape index (κ1) is 14.2. The first-order valence-corrected chi connectivity index (χ1v) is 7.25. The number of nitrogen functional groups attached to an aromatic ring is 1. The molecule has 4 N–H and O–H groups in total. The number of hydrogen-bond acceptors (Lipinski definition) is 4. The number of hydrogen-bond donors (Lipinski definition) is 3. The van der Waals surface area contributed by atoms with Gasteiger partial charge in [-0.15, -0.1) is 0 Å². The predicted octanol–water partition coefficient (Wildman–Crippen LogP) is 2.32. The minimum absolute atomic E-state index is 0.130. The number of aliphatic hydroxyl groups excluding tert-OH is 1. The van der Waals surface area contributed by atoms with Crippen molar-refractivity contribution in [2.45, 2.75) is 58.6 Å². The summed E-state index contributed by atoms with van der Waals surface area (Å²) < 4.78 is 1.95. The smallest absolute Gasteiger partial charge is 0.148 e. The lowest BCUT2D eigenvalue weighted by Crippen LogP contribution is -2.26. The van der Waals surface area contributed by atoms with Gasteiger partial charge >= 0.3 is 0 Å². The highest BCUT2D eigenvalue weighted by molar-refractivity contribution is 5.64. The van der Waals surface area contributed by atoms with E-state index in [0.717, 1.165) is 43.0 Å². The van der Waals surface area contributed by atoms with Crippen LogP contribution in [-0.4, -0.2) is 27.5 Å². The molecule has 1 fully saturated rings. The summed E-state index contributed by atoms with van der Waals surface area (Å²) in [5.74, 6) is 1.45. The maximum absolute atomic E-state index is 9.71. The van der Waals surface area contributed by atoms with Gasteiger partial charge in [0.05, 0.1) is 17.5 Å². The van der Waals surface area contributed by atoms with Gasteiger partial charge in [-0.25, -0.2) is 4.68 Å². The summed E-state index contributed by atoms with van der Waals surface area (Å²) in [4.78, 5) is 0. The molecule has 19 heavy (non-hydrogen) atoms. The second-order valence-electron chi connectivity index (χ2n) is 5.95. The summed E-state index contributed by atoms with van der Waals surface area (Å²) in [6.07, 6.45) is 4.00. The number of nitrogens with zero attached hydrogens (tertiary/aromatic N) is 2. The Bertz CT molecular complexity index is 427. The molecule has 5 nitrogen and oxygen atoms in total. The average molecular weight is 266 g/mol. The Morgan fingerprint density at radius 3 is 2.84 bits per heavy atom. The van der Waals surface area contributed by atoms with Crippen LogP contribution in [0.1, 0.15) is 51.3 Å². The fraction of sp³-hybridized carbons (Fsp3) is 0.786. The zero-order chi connectivity index (χ0) is 14.0. The van der Waals surface area contributed by atoms with E-state index in [2.05, 4.69) is 24.3 Å². The molecule has 0 aliphatic heterocycles. The van der Waals surface area contributed by atoms with Crippen LogP contribution in [0, 0.1) is 12.8 Å². The van der Waals surface area contributed by atoms with Gasteiger partial charge in [-0.3, -0.25) is 0 Å². The highest BCUT2D eigenvalue weighted by atomic mass is 16.3. The topological polar surface area (TPSA) is 76.1 Å². The summed E-state index contributed by atoms with van der Waals surface area (Å²) in [5, 5.41) is 17.6. The monoisotopic (exact) mass is 266 g/mol. The van der Waals surface area contributed by atoms with Crippen molar-refractivity contribution in [1.29, 1.82) is 0 Å². The number of aromatic nitrogens is 2. The fourth-order valence-electron chi connectivity index (χ4n) is 2.80. The van der Waals surface area contributed by atoms with Gasteiger partial charge in [-0.05, 0) is 46.0 Å². The quantitative estimate of drug-likeness (QED) is 0.781. The maximum Gasteiger partial charge on any atom is 0.148 e. The van der Waals surface area contributed by atoms with E-state index >= 15 is 0 Å². The second kappa shape index (κ2) is 5.82. The first-order chi connectivity index (χ1) is 8.99. The molecule has 0 radical (unpaired) electrons. The molecule has 0 amide bonds. The van der Waals surface area contributed by atoms with E-state index in [9.17, 15) is 5.11 Å². The molecule has 2 rings (SSSR count). The molecule has 1 heterocycles. The molecule has 0 bridgehead atoms. The minimum atomic E-state index is -0.130. The summed E-state index contributed by atoms with van der Waals surface area (Å²) in [6.45, 7) is 6.99. The van der Waals surface area contributed by atoms with Crippen molar-refractivity contribution in [2.24, 2.45) is 5.92 Å². The van der Waals surface area contributed by atoms with E-state index in [0.29, 0.717) is 5.92 Å². The zero-order valence-electron chi connectivity index (χ0n) is 12.2. The molecule has 1 aromatic heterocycles. The van der Waals surface area contributed by atoms with Gasteiger partial charge in [-0.1, -0.05) is 6.42 Å². The van der Waals surface area contributed by atoms with Crippen molar-refractivity contribution in [2.75, 3.05) is 17.6 Å². The SMILES string of the molecule is Cc1nn(C(C)C)c(NCC2CCCC(O)C2)c1N. The lowest BCUT2D eigenvalue weighted by atomic mass is 9.87. The zero-order valence-corrected chi connectivity index (χ0v) is 12.2. The van der Waals surface area contributed by atoms with E-state index < -0.39 is 0 Å². The normalized spacial score (nSPS) is 23.8. The molecule has 2 unspecified atom stereocenters. The fourth-order valence-corrected chi connectivity index (χ4v) is 2.80. The van der Waals surface area contributed by atoms with Gasteiger partial charge in [0.25, 0.3) is 0 Å². The number of rotatable bonds is 4. The van der Waals surface area contributed by atoms with Crippen molar-refractivity contribution in [1.82, 2.24) is 9.78 Å². The Morgan fingerprint density at radius 2 is 2.21 bits per heavy atom. The number of nitrogens with one attached hydrogen (secondary N) is 1. The van der Waals surface area contributed by atoms with Gasteiger partial charge in [0, 0.05) is 12.6 Å². The van der Waals surface area contributed by atoms with E-state index in [1.54, 1.807) is 0 Å². The van der Waals surface area contributed by atoms with Crippen LogP contribution in [0.2, 0.25) is 0 Å². The third-order valence-electron chi connectivity index (χ3n) is 3.93. The molecule has 5 heteroatoms. The number of aliphatic hydroxyl groups is 1. The molecule has 2 atom stereocenters. The highest BCUT2D eigenvalue weighted by Crippen LogP contribution is 2.28. The number of nitrogens with two attached hydrogens (primary N) is 1. The van der Waals surface area contributed by atoms with Gasteiger partial charge in [-0.2, -0.15) is 5.10 Å². The van der Waals surface area contributed by atoms with Gasteiger partial charge in [0.15, 0.2) is 0 Å². The summed E-state index contributed by atoms with van der Waals surface area (Å²) in [6, 6.07) is 0.287. The lowest BCUT2D eigenvalue weighted by molar-refractivity contribution is 0.104. The van der Waals surface area contributed by atoms with E-state index in [1.807, 2.05) is 11.6 Å². The summed E-state index contributed by atoms with van der Waals surface area (Å²) in [7, 11) is 0. The highest BCUT2D eigenvalue weighted by Gasteiger charge is 2.21. The Hall–Kier alpha value is -1.23. The third kappa shape index (κ3) is 3.21. The van der Waals surface area contributed by atoms with Crippen LogP contribution < -0.4 is 11.1 Å². The van der Waals surface area contributed by atoms with Crippen LogP contribution >= 0.6 is 0 Å². The maximum atomic E-state index is 9.71. The number of anilines is 2. The largest absolute Gasteiger partial charge is 0.394 e. The van der Waals surface area contributed by atoms with Crippen LogP contribution in [0.4, 0.5) is 11.5 Å². The average Bonchev–Trinajstić information content (AvgIpc) is 2.64. The third-order valence-corrected chi connectivity index (χ3v) is 3.93. The molecular formula is C14H26N4O. The van der Waals surface area contributed by atoms with Crippen molar-refractivity contribution >= 4 is 11.5 Å². The Kier molecular flexibility index (Phi) is 4.34. The predicted molar refractivity (Wildman–Crippen MR) is 78.2 cm³/mol. The van der Waals surface area contributed by atoms with E-state index in [1.165, 1.54) is 6.42 Å². The Labute approximate surface area is 115 Å². The Morgan fingerprint density at radius 1 is 1.47 bits per heavy atom. The minimum Gasteiger partial charge on any atom is -0.394 e. The lowest BCUT2D eigenvalue weighted by Gasteiger charge is -2.26. The van der Waals surface area contributed by atoms with Crippen molar-refractivity contribution in [3.63, 3.8) is 0 Å². The van der Waals surface area contributed by atoms with Crippen LogP contribution in [0.25, 0.3) is 0 Å². The Balaban J connectivity index is 2.02. The van der Waals surface area contributed by atoms with Gasteiger partial charge < -0.3 is 16.2 Å². The molecule has 1 aromatic rings. The molecule has 1 saturated carbocycles. The molecule has 1 aliphatic carbocycles. The van der Waals surface area contributed by atoms with Crippen LogP contribution in [0.15, 0.2) is 0 Å². The number of aryl methyl sites for hydroxylation is 1. The van der Waals surface area contributed by atoms with Crippen LogP contribution in [0.3, 0.4) is 0 Å². The van der Waals surface area contributed by atoms with Crippen LogP contribution in [-0.2, 0) is 0 Å². The van der Waals surface area contributed by atoms with Crippen molar-refractivity contribution in [3.8, 4) is 0 Å². The van der Waals surface area contributed by atoms with Crippen molar-refractivity contribution < 1.29 is 5.11 Å². The standard InChI is InChI=1S/C14H26N4O/c1-9(2)18-14(13(15)10(3)17-18)16-8-11-5-4-6-12(19)7-11/h9,11-12,16,19H,4-8,15H2,1-3H3. The van der Waals surface area contributed by atoms with E-state index in [4.69, 9.17) is 5.73 Å². The molecular weight excluding hydrogens is 240 g/mol. The summed E-state index contributed by atoms with van der Waals surface area (Å²) >= 11 is 0. The van der Waals surface area contributed by atoms with Gasteiger partial charge in [0.1, 0.15) is 5.82 Å². The molecule has 0 spiro atoms. The van der Waals surface area contributed by atoms with Crippen LogP contribution in [0.5, 0.6) is 0 Å². The van der Waals surface area contributed by atoms with Crippen molar-refractivity contribution in [3.05, 3.63) is 5.69 Å².